The van der Waals surface area contributed by atoms with Crippen LogP contribution >= 0.6 is 27.5 Å². The Balaban J connectivity index is 3.15. The van der Waals surface area contributed by atoms with Gasteiger partial charge in [-0.2, -0.15) is 0 Å². The van der Waals surface area contributed by atoms with Crippen LogP contribution in [-0.2, 0) is 0 Å². The van der Waals surface area contributed by atoms with Gasteiger partial charge in [0.25, 0.3) is 0 Å². The Kier molecular flexibility index (Phi) is 3.67. The molecule has 72 valence electrons. The summed E-state index contributed by atoms with van der Waals surface area (Å²) in [5.41, 5.74) is 5.67. The molecule has 2 nitrogen and oxygen atoms in total. The number of aliphatic hydroxyl groups excluding tert-OH is 1. The molecule has 1 aromatic rings. The maximum Gasteiger partial charge on any atom is 0.138 e. The molecule has 0 saturated carbocycles. The van der Waals surface area contributed by atoms with Crippen molar-refractivity contribution in [3.63, 3.8) is 0 Å². The van der Waals surface area contributed by atoms with E-state index in [0.717, 1.165) is 6.07 Å². The third-order valence-electron chi connectivity index (χ3n) is 1.62. The second-order valence-electron chi connectivity index (χ2n) is 2.54. The fraction of sp³-hybridized carbons (Fsp3) is 0.250. The van der Waals surface area contributed by atoms with E-state index < -0.39 is 11.9 Å². The van der Waals surface area contributed by atoms with Gasteiger partial charge in [0.2, 0.25) is 0 Å². The molecular formula is C8H8BrClFNO. The Morgan fingerprint density at radius 2 is 2.23 bits per heavy atom. The first-order valence-corrected chi connectivity index (χ1v) is 4.76. The minimum absolute atomic E-state index is 0.0534. The standard InChI is InChI=1S/C8H8BrClFNO/c9-5-1-4(8(13)3-12)6(10)2-7(5)11/h1-2,8,13H,3,12H2. The summed E-state index contributed by atoms with van der Waals surface area (Å²) in [4.78, 5) is 0. The van der Waals surface area contributed by atoms with E-state index in [4.69, 9.17) is 17.3 Å². The Bertz CT molecular complexity index is 321. The van der Waals surface area contributed by atoms with Gasteiger partial charge in [0, 0.05) is 17.1 Å². The third kappa shape index (κ3) is 2.40. The number of benzene rings is 1. The van der Waals surface area contributed by atoms with Gasteiger partial charge >= 0.3 is 0 Å². The van der Waals surface area contributed by atoms with Crippen molar-refractivity contribution in [2.24, 2.45) is 5.73 Å². The molecule has 0 aliphatic rings. The molecule has 0 aliphatic heterocycles. The fourth-order valence-corrected chi connectivity index (χ4v) is 1.56. The summed E-state index contributed by atoms with van der Waals surface area (Å²) in [6.45, 7) is 0.0534. The zero-order valence-corrected chi connectivity index (χ0v) is 8.94. The number of nitrogens with two attached hydrogens (primary N) is 1. The zero-order chi connectivity index (χ0) is 10.0. The summed E-state index contributed by atoms with van der Waals surface area (Å²) in [7, 11) is 0. The van der Waals surface area contributed by atoms with Crippen LogP contribution in [0.4, 0.5) is 4.39 Å². The molecule has 13 heavy (non-hydrogen) atoms. The first-order chi connectivity index (χ1) is 6.06. The van der Waals surface area contributed by atoms with Crippen molar-refractivity contribution < 1.29 is 9.50 Å². The van der Waals surface area contributed by atoms with Gasteiger partial charge in [0.1, 0.15) is 5.82 Å². The fourth-order valence-electron chi connectivity index (χ4n) is 0.920. The van der Waals surface area contributed by atoms with E-state index in [1.165, 1.54) is 6.07 Å². The molecule has 0 spiro atoms. The van der Waals surface area contributed by atoms with Crippen molar-refractivity contribution in [2.75, 3.05) is 6.54 Å². The lowest BCUT2D eigenvalue weighted by molar-refractivity contribution is 0.186. The van der Waals surface area contributed by atoms with Crippen LogP contribution in [0.5, 0.6) is 0 Å². The van der Waals surface area contributed by atoms with Crippen LogP contribution < -0.4 is 5.73 Å². The molecule has 1 unspecified atom stereocenters. The molecule has 0 amide bonds. The van der Waals surface area contributed by atoms with Crippen molar-refractivity contribution in [3.05, 3.63) is 33.0 Å². The van der Waals surface area contributed by atoms with Crippen LogP contribution in [0.1, 0.15) is 11.7 Å². The van der Waals surface area contributed by atoms with Crippen molar-refractivity contribution >= 4 is 27.5 Å². The number of aliphatic hydroxyl groups is 1. The van der Waals surface area contributed by atoms with Gasteiger partial charge < -0.3 is 10.8 Å². The molecular weight excluding hydrogens is 260 g/mol. The van der Waals surface area contributed by atoms with Crippen LogP contribution in [0.25, 0.3) is 0 Å². The molecule has 0 bridgehead atoms. The molecule has 3 N–H and O–H groups in total. The maximum absolute atomic E-state index is 12.9. The van der Waals surface area contributed by atoms with Gasteiger partial charge in [-0.15, -0.1) is 0 Å². The van der Waals surface area contributed by atoms with Gasteiger partial charge in [-0.25, -0.2) is 4.39 Å². The minimum Gasteiger partial charge on any atom is -0.387 e. The SMILES string of the molecule is NCC(O)c1cc(Br)c(F)cc1Cl. The summed E-state index contributed by atoms with van der Waals surface area (Å²) >= 11 is 8.69. The summed E-state index contributed by atoms with van der Waals surface area (Å²) in [5.74, 6) is -0.460. The smallest absolute Gasteiger partial charge is 0.138 e. The lowest BCUT2D eigenvalue weighted by atomic mass is 10.1. The predicted octanol–water partition coefficient (Wildman–Crippen LogP) is 2.23. The van der Waals surface area contributed by atoms with Gasteiger partial charge in [-0.3, -0.25) is 0 Å². The zero-order valence-electron chi connectivity index (χ0n) is 6.60. The molecule has 1 aromatic carbocycles. The molecule has 0 aromatic heterocycles. The molecule has 1 atom stereocenters. The van der Waals surface area contributed by atoms with E-state index in [1.807, 2.05) is 0 Å². The molecule has 5 heteroatoms. The van der Waals surface area contributed by atoms with E-state index in [9.17, 15) is 9.50 Å². The Morgan fingerprint density at radius 1 is 1.62 bits per heavy atom. The van der Waals surface area contributed by atoms with E-state index in [1.54, 1.807) is 0 Å². The number of hydrogen-bond donors (Lipinski definition) is 2. The Morgan fingerprint density at radius 3 is 2.77 bits per heavy atom. The minimum atomic E-state index is -0.857. The molecule has 0 aliphatic carbocycles. The average molecular weight is 269 g/mol. The van der Waals surface area contributed by atoms with Crippen molar-refractivity contribution in [1.82, 2.24) is 0 Å². The van der Waals surface area contributed by atoms with E-state index >= 15 is 0 Å². The van der Waals surface area contributed by atoms with Gasteiger partial charge in [0.05, 0.1) is 10.6 Å². The van der Waals surface area contributed by atoms with Crippen molar-refractivity contribution in [1.29, 1.82) is 0 Å². The van der Waals surface area contributed by atoms with E-state index in [2.05, 4.69) is 15.9 Å². The summed E-state index contributed by atoms with van der Waals surface area (Å²) in [6.07, 6.45) is -0.857. The first kappa shape index (κ1) is 10.9. The molecule has 0 saturated heterocycles. The quantitative estimate of drug-likeness (QED) is 0.808. The first-order valence-electron chi connectivity index (χ1n) is 3.59. The summed E-state index contributed by atoms with van der Waals surface area (Å²) in [6, 6.07) is 2.56. The number of rotatable bonds is 2. The van der Waals surface area contributed by atoms with E-state index in [0.29, 0.717) is 5.56 Å². The summed E-state index contributed by atoms with van der Waals surface area (Å²) < 4.78 is 13.1. The molecule has 0 radical (unpaired) electrons. The lowest BCUT2D eigenvalue weighted by Gasteiger charge is -2.10. The third-order valence-corrected chi connectivity index (χ3v) is 2.56. The van der Waals surface area contributed by atoms with Crippen LogP contribution in [0.15, 0.2) is 16.6 Å². The molecule has 1 rings (SSSR count). The Hall–Kier alpha value is -0.160. The highest BCUT2D eigenvalue weighted by Gasteiger charge is 2.12. The van der Waals surface area contributed by atoms with E-state index in [-0.39, 0.29) is 16.0 Å². The highest BCUT2D eigenvalue weighted by Crippen LogP contribution is 2.28. The normalized spacial score (nSPS) is 13.0. The second-order valence-corrected chi connectivity index (χ2v) is 3.80. The van der Waals surface area contributed by atoms with Gasteiger partial charge in [0.15, 0.2) is 0 Å². The average Bonchev–Trinajstić information content (AvgIpc) is 2.10. The molecule has 0 heterocycles. The van der Waals surface area contributed by atoms with Crippen LogP contribution in [0.2, 0.25) is 5.02 Å². The van der Waals surface area contributed by atoms with Crippen LogP contribution in [0, 0.1) is 5.82 Å². The van der Waals surface area contributed by atoms with Gasteiger partial charge in [-0.1, -0.05) is 11.6 Å². The summed E-state index contributed by atoms with van der Waals surface area (Å²) in [5, 5.41) is 9.55. The van der Waals surface area contributed by atoms with Gasteiger partial charge in [-0.05, 0) is 28.1 Å². The Labute approximate surface area is 88.6 Å². The van der Waals surface area contributed by atoms with Crippen LogP contribution in [-0.4, -0.2) is 11.7 Å². The highest BCUT2D eigenvalue weighted by molar-refractivity contribution is 9.10. The number of hydrogen-bond acceptors (Lipinski definition) is 2. The molecule has 0 fully saturated rings. The lowest BCUT2D eigenvalue weighted by Crippen LogP contribution is -2.12. The predicted molar refractivity (Wildman–Crippen MR) is 53.1 cm³/mol. The largest absolute Gasteiger partial charge is 0.387 e. The maximum atomic E-state index is 12.9. The monoisotopic (exact) mass is 267 g/mol. The highest BCUT2D eigenvalue weighted by atomic mass is 79.9. The van der Waals surface area contributed by atoms with Crippen molar-refractivity contribution in [3.8, 4) is 0 Å². The second kappa shape index (κ2) is 4.37. The number of halogens is 3. The van der Waals surface area contributed by atoms with Crippen LogP contribution in [0.3, 0.4) is 0 Å². The topological polar surface area (TPSA) is 46.2 Å². The van der Waals surface area contributed by atoms with Crippen molar-refractivity contribution in [2.45, 2.75) is 6.10 Å².